The zero-order valence-corrected chi connectivity index (χ0v) is 25.7. The Labute approximate surface area is 249 Å². The molecule has 0 saturated carbocycles. The number of halogens is 3. The van der Waals surface area contributed by atoms with E-state index in [1.807, 2.05) is 32.9 Å². The number of likely N-dealkylation sites (tertiary alicyclic amines) is 1. The molecule has 8 nitrogen and oxygen atoms in total. The van der Waals surface area contributed by atoms with Crippen molar-refractivity contribution in [3.63, 3.8) is 0 Å². The number of primary sulfonamides is 1. The van der Waals surface area contributed by atoms with Crippen molar-refractivity contribution in [2.75, 3.05) is 20.2 Å². The van der Waals surface area contributed by atoms with Crippen LogP contribution >= 0.6 is 0 Å². The molecule has 2 N–H and O–H groups in total. The van der Waals surface area contributed by atoms with E-state index in [4.69, 9.17) is 9.88 Å². The van der Waals surface area contributed by atoms with Gasteiger partial charge in [-0.15, -0.1) is 0 Å². The molecule has 1 heterocycles. The number of methoxy groups -OCH3 is 1. The monoisotopic (exact) mass is 638 g/mol. The molecule has 0 atom stereocenters. The highest BCUT2D eigenvalue weighted by atomic mass is 32.2. The number of hydrogen-bond acceptors (Lipinski definition) is 6. The average molecular weight is 639 g/mol. The number of carbonyl (C=O) groups is 1. The second-order valence-corrected chi connectivity index (χ2v) is 15.0. The lowest BCUT2D eigenvalue weighted by Gasteiger charge is -2.34. The molecule has 13 heteroatoms. The number of nitrogens with two attached hydrogens (primary N) is 1. The summed E-state index contributed by atoms with van der Waals surface area (Å²) in [6, 6.07) is 13.8. The number of benzene rings is 3. The Morgan fingerprint density at radius 1 is 0.907 bits per heavy atom. The van der Waals surface area contributed by atoms with Crippen LogP contribution in [-0.4, -0.2) is 47.8 Å². The minimum atomic E-state index is -5.16. The van der Waals surface area contributed by atoms with Crippen LogP contribution in [0.25, 0.3) is 0 Å². The minimum Gasteiger partial charge on any atom is -0.497 e. The molecule has 0 aromatic heterocycles. The van der Waals surface area contributed by atoms with Crippen LogP contribution in [0.15, 0.2) is 75.4 Å². The highest BCUT2D eigenvalue weighted by Crippen LogP contribution is 2.44. The van der Waals surface area contributed by atoms with Crippen molar-refractivity contribution in [2.45, 2.75) is 65.8 Å². The Hall–Kier alpha value is -3.42. The molecule has 0 radical (unpaired) electrons. The predicted octanol–water partition coefficient (Wildman–Crippen LogP) is 5.51. The Kier molecular flexibility index (Phi) is 8.75. The topological polar surface area (TPSA) is 124 Å². The smallest absolute Gasteiger partial charge is 0.417 e. The van der Waals surface area contributed by atoms with Crippen molar-refractivity contribution in [1.29, 1.82) is 0 Å². The Morgan fingerprint density at radius 2 is 1.51 bits per heavy atom. The van der Waals surface area contributed by atoms with Crippen LogP contribution in [-0.2, 0) is 31.5 Å². The van der Waals surface area contributed by atoms with Crippen LogP contribution in [0.3, 0.4) is 0 Å². The number of alkyl halides is 3. The van der Waals surface area contributed by atoms with Crippen LogP contribution in [0.2, 0.25) is 0 Å². The van der Waals surface area contributed by atoms with Crippen LogP contribution in [0, 0.1) is 0 Å². The number of rotatable bonds is 6. The lowest BCUT2D eigenvalue weighted by molar-refractivity contribution is -0.140. The van der Waals surface area contributed by atoms with Gasteiger partial charge >= 0.3 is 6.18 Å². The van der Waals surface area contributed by atoms with E-state index in [0.29, 0.717) is 11.6 Å². The number of sulfone groups is 1. The van der Waals surface area contributed by atoms with E-state index in [2.05, 4.69) is 0 Å². The second-order valence-electron chi connectivity index (χ2n) is 11.5. The van der Waals surface area contributed by atoms with Crippen molar-refractivity contribution < 1.29 is 39.5 Å². The van der Waals surface area contributed by atoms with Gasteiger partial charge in [-0.25, -0.2) is 22.0 Å². The molecule has 0 spiro atoms. The fourth-order valence-electron chi connectivity index (χ4n) is 5.21. The maximum absolute atomic E-state index is 14.4. The van der Waals surface area contributed by atoms with Crippen LogP contribution in [0.5, 0.6) is 5.75 Å². The van der Waals surface area contributed by atoms with Gasteiger partial charge in [0.25, 0.3) is 5.91 Å². The van der Waals surface area contributed by atoms with Gasteiger partial charge in [-0.1, -0.05) is 39.0 Å². The summed E-state index contributed by atoms with van der Waals surface area (Å²) in [5.74, 6) is -0.996. The van der Waals surface area contributed by atoms with Crippen LogP contribution in [0.1, 0.15) is 66.6 Å². The fraction of sp³-hybridized carbons (Fsp3) is 0.367. The van der Waals surface area contributed by atoms with E-state index < -0.39 is 52.9 Å². The number of nitrogens with zero attached hydrogens (tertiary/aromatic N) is 1. The maximum Gasteiger partial charge on any atom is 0.417 e. The van der Waals surface area contributed by atoms with Crippen molar-refractivity contribution >= 4 is 25.8 Å². The largest absolute Gasteiger partial charge is 0.497 e. The first-order chi connectivity index (χ1) is 19.8. The van der Waals surface area contributed by atoms with Crippen LogP contribution < -0.4 is 9.88 Å². The van der Waals surface area contributed by atoms with Gasteiger partial charge < -0.3 is 9.64 Å². The third-order valence-electron chi connectivity index (χ3n) is 7.58. The molecule has 0 unspecified atom stereocenters. The molecule has 1 saturated heterocycles. The van der Waals surface area contributed by atoms with Crippen LogP contribution in [0.4, 0.5) is 13.2 Å². The Balaban J connectivity index is 1.73. The normalized spacial score (nSPS) is 15.4. The van der Waals surface area contributed by atoms with Gasteiger partial charge in [0.05, 0.1) is 27.4 Å². The number of amides is 1. The van der Waals surface area contributed by atoms with E-state index in [1.54, 1.807) is 12.1 Å². The summed E-state index contributed by atoms with van der Waals surface area (Å²) in [6.45, 7) is 6.30. The van der Waals surface area contributed by atoms with Gasteiger partial charge in [0.15, 0.2) is 0 Å². The average Bonchev–Trinajstić information content (AvgIpc) is 2.95. The highest BCUT2D eigenvalue weighted by molar-refractivity contribution is 7.91. The third kappa shape index (κ3) is 6.89. The summed E-state index contributed by atoms with van der Waals surface area (Å²) >= 11 is 0. The molecule has 43 heavy (non-hydrogen) atoms. The molecule has 3 aromatic rings. The van der Waals surface area contributed by atoms with Crippen molar-refractivity contribution in [3.05, 3.63) is 82.9 Å². The molecule has 1 aliphatic heterocycles. The summed E-state index contributed by atoms with van der Waals surface area (Å²) in [4.78, 5) is 12.4. The second kappa shape index (κ2) is 11.6. The van der Waals surface area contributed by atoms with Gasteiger partial charge in [0.2, 0.25) is 19.9 Å². The molecule has 4 rings (SSSR count). The summed E-state index contributed by atoms with van der Waals surface area (Å²) in [6.07, 6.45) is -5.07. The van der Waals surface area contributed by atoms with Gasteiger partial charge in [0.1, 0.15) is 5.75 Å². The molecule has 0 bridgehead atoms. The zero-order chi connectivity index (χ0) is 32.0. The van der Waals surface area contributed by atoms with E-state index in [0.717, 1.165) is 11.6 Å². The van der Waals surface area contributed by atoms with E-state index in [-0.39, 0.29) is 47.9 Å². The summed E-state index contributed by atoms with van der Waals surface area (Å²) in [5.41, 5.74) is -0.632. The summed E-state index contributed by atoms with van der Waals surface area (Å²) in [7, 11) is -8.17. The van der Waals surface area contributed by atoms with Crippen molar-refractivity contribution in [1.82, 2.24) is 4.90 Å². The molecule has 3 aromatic carbocycles. The molecular weight excluding hydrogens is 605 g/mol. The van der Waals surface area contributed by atoms with Gasteiger partial charge in [-0.05, 0) is 77.8 Å². The van der Waals surface area contributed by atoms with Crippen molar-refractivity contribution in [2.24, 2.45) is 5.14 Å². The Bertz CT molecular complexity index is 1740. The fourth-order valence-corrected chi connectivity index (χ4v) is 7.45. The zero-order valence-electron chi connectivity index (χ0n) is 24.1. The third-order valence-corrected chi connectivity index (χ3v) is 10.2. The van der Waals surface area contributed by atoms with Gasteiger partial charge in [-0.2, -0.15) is 13.2 Å². The molecule has 1 amide bonds. The predicted molar refractivity (Wildman–Crippen MR) is 154 cm³/mol. The highest BCUT2D eigenvalue weighted by Gasteiger charge is 2.42. The molecule has 1 aliphatic rings. The minimum absolute atomic E-state index is 0.0433. The molecule has 1 fully saturated rings. The first-order valence-electron chi connectivity index (χ1n) is 13.4. The number of ether oxygens (including phenoxy) is 1. The standard InChI is InChI=1S/C30H33F3N2O6S2/c1-29(2,3)21-10-8-20(9-11-21)28(36)35-14-12-19(13-15-35)25-17-24(18-26(43(34,39)40)27(25)30(31,32)33)42(37,38)23-7-5-6-22(16-23)41-4/h5-11,16-19H,12-15H2,1-4H3,(H2,34,39,40). The first kappa shape index (κ1) is 32.5. The van der Waals surface area contributed by atoms with Gasteiger partial charge in [-0.3, -0.25) is 4.79 Å². The summed E-state index contributed by atoms with van der Waals surface area (Å²) < 4.78 is 100. The number of piperidine rings is 1. The van der Waals surface area contributed by atoms with E-state index in [1.165, 1.54) is 36.3 Å². The number of hydrogen-bond donors (Lipinski definition) is 1. The molecular formula is C30H33F3N2O6S2. The van der Waals surface area contributed by atoms with Gasteiger partial charge in [0, 0.05) is 18.7 Å². The quantitative estimate of drug-likeness (QED) is 0.380. The lowest BCUT2D eigenvalue weighted by Crippen LogP contribution is -2.38. The van der Waals surface area contributed by atoms with E-state index >= 15 is 0 Å². The molecule has 232 valence electrons. The Morgan fingerprint density at radius 3 is 2.02 bits per heavy atom. The summed E-state index contributed by atoms with van der Waals surface area (Å²) in [5, 5.41) is 5.22. The van der Waals surface area contributed by atoms with Crippen molar-refractivity contribution in [3.8, 4) is 5.75 Å². The van der Waals surface area contributed by atoms with E-state index in [9.17, 15) is 34.8 Å². The number of carbonyl (C=O) groups excluding carboxylic acids is 1. The maximum atomic E-state index is 14.4. The lowest BCUT2D eigenvalue weighted by atomic mass is 9.85. The first-order valence-corrected chi connectivity index (χ1v) is 16.4. The molecule has 0 aliphatic carbocycles. The number of sulfonamides is 1. The SMILES string of the molecule is COc1cccc(S(=O)(=O)c2cc(C3CCN(C(=O)c4ccc(C(C)(C)C)cc4)CC3)c(C(F)(F)F)c(S(N)(=O)=O)c2)c1.